The molecule has 0 saturated heterocycles. The van der Waals surface area contributed by atoms with Gasteiger partial charge in [-0.3, -0.25) is 14.5 Å². The average molecular weight is 364 g/mol. The number of fused-ring (bicyclic) bond motifs is 1. The highest BCUT2D eigenvalue weighted by molar-refractivity contribution is 5.80. The molecule has 1 N–H and O–H groups in total. The molecule has 4 aromatic rings. The first kappa shape index (κ1) is 16.9. The van der Waals surface area contributed by atoms with Gasteiger partial charge in [0.1, 0.15) is 5.82 Å². The summed E-state index contributed by atoms with van der Waals surface area (Å²) >= 11 is 0. The van der Waals surface area contributed by atoms with Crippen LogP contribution in [0.2, 0.25) is 0 Å². The largest absolute Gasteiger partial charge is 0.324 e. The van der Waals surface area contributed by atoms with Gasteiger partial charge in [-0.25, -0.2) is 13.9 Å². The van der Waals surface area contributed by atoms with Crippen molar-refractivity contribution < 1.29 is 4.39 Å². The van der Waals surface area contributed by atoms with Gasteiger partial charge in [0.05, 0.1) is 39.9 Å². The Bertz CT molecular complexity index is 1210. The number of nitrogens with one attached hydrogen (secondary N) is 1. The molecule has 0 bridgehead atoms. The molecule has 0 saturated carbocycles. The number of halogens is 1. The van der Waals surface area contributed by atoms with Gasteiger partial charge in [0, 0.05) is 13.2 Å². The number of benzene rings is 1. The molecule has 0 atom stereocenters. The van der Waals surface area contributed by atoms with E-state index in [1.54, 1.807) is 30.2 Å². The SMILES string of the molecule is Cc1nn(C)c(C)c1-n1c(Nc2cccnc2)nc2ccc(F)cc2c1=O. The molecule has 3 aromatic heterocycles. The highest BCUT2D eigenvalue weighted by Crippen LogP contribution is 2.24. The zero-order valence-electron chi connectivity index (χ0n) is 15.1. The summed E-state index contributed by atoms with van der Waals surface area (Å²) in [7, 11) is 1.80. The zero-order valence-corrected chi connectivity index (χ0v) is 15.1. The molecule has 0 radical (unpaired) electrons. The van der Waals surface area contributed by atoms with E-state index in [2.05, 4.69) is 20.4 Å². The Morgan fingerprint density at radius 2 is 2.00 bits per heavy atom. The molecule has 27 heavy (non-hydrogen) atoms. The molecule has 3 heterocycles. The maximum Gasteiger partial charge on any atom is 0.267 e. The molecule has 0 unspecified atom stereocenters. The molecule has 4 rings (SSSR count). The number of pyridine rings is 1. The minimum absolute atomic E-state index is 0.203. The van der Waals surface area contributed by atoms with Crippen molar-refractivity contribution >= 4 is 22.5 Å². The van der Waals surface area contributed by atoms with Crippen LogP contribution >= 0.6 is 0 Å². The first-order valence-corrected chi connectivity index (χ1v) is 8.35. The standard InChI is InChI=1S/C19H17FN6O/c1-11-17(12(2)25(3)24-11)26-18(27)15-9-13(20)6-7-16(15)23-19(26)22-14-5-4-8-21-10-14/h4-10H,1-3H3,(H,22,23). The predicted molar refractivity (Wildman–Crippen MR) is 101 cm³/mol. The second-order valence-electron chi connectivity index (χ2n) is 6.25. The molecule has 136 valence electrons. The Kier molecular flexibility index (Phi) is 3.95. The second kappa shape index (κ2) is 6.31. The molecular weight excluding hydrogens is 347 g/mol. The van der Waals surface area contributed by atoms with E-state index < -0.39 is 5.82 Å². The summed E-state index contributed by atoms with van der Waals surface area (Å²) in [6.07, 6.45) is 3.29. The smallest absolute Gasteiger partial charge is 0.267 e. The Labute approximate surface area is 154 Å². The summed E-state index contributed by atoms with van der Waals surface area (Å²) in [4.78, 5) is 21.9. The number of aryl methyl sites for hydroxylation is 2. The van der Waals surface area contributed by atoms with Crippen LogP contribution in [0.4, 0.5) is 16.0 Å². The van der Waals surface area contributed by atoms with E-state index in [1.165, 1.54) is 22.8 Å². The molecule has 0 aliphatic rings. The van der Waals surface area contributed by atoms with Crippen molar-refractivity contribution in [1.82, 2.24) is 24.3 Å². The van der Waals surface area contributed by atoms with Crippen molar-refractivity contribution in [2.24, 2.45) is 7.05 Å². The number of hydrogen-bond acceptors (Lipinski definition) is 5. The van der Waals surface area contributed by atoms with Crippen molar-refractivity contribution in [1.29, 1.82) is 0 Å². The molecule has 0 aliphatic carbocycles. The van der Waals surface area contributed by atoms with Crippen LogP contribution in [0.1, 0.15) is 11.4 Å². The van der Waals surface area contributed by atoms with Crippen LogP contribution in [0.5, 0.6) is 0 Å². The third-order valence-corrected chi connectivity index (χ3v) is 4.44. The number of rotatable bonds is 3. The minimum atomic E-state index is -0.486. The molecular formula is C19H17FN6O. The van der Waals surface area contributed by atoms with Gasteiger partial charge in [0.25, 0.3) is 5.56 Å². The van der Waals surface area contributed by atoms with E-state index in [-0.39, 0.29) is 10.9 Å². The van der Waals surface area contributed by atoms with Crippen LogP contribution in [0.25, 0.3) is 16.6 Å². The monoisotopic (exact) mass is 364 g/mol. The summed E-state index contributed by atoms with van der Waals surface area (Å²) in [5, 5.41) is 7.73. The van der Waals surface area contributed by atoms with Crippen LogP contribution in [-0.2, 0) is 7.05 Å². The molecule has 1 aromatic carbocycles. The first-order chi connectivity index (χ1) is 13.0. The fourth-order valence-electron chi connectivity index (χ4n) is 3.10. The quantitative estimate of drug-likeness (QED) is 0.605. The van der Waals surface area contributed by atoms with E-state index in [4.69, 9.17) is 0 Å². The van der Waals surface area contributed by atoms with Gasteiger partial charge >= 0.3 is 0 Å². The maximum atomic E-state index is 13.7. The van der Waals surface area contributed by atoms with Crippen molar-refractivity contribution in [2.45, 2.75) is 13.8 Å². The summed E-state index contributed by atoms with van der Waals surface area (Å²) in [6, 6.07) is 7.58. The van der Waals surface area contributed by atoms with Crippen LogP contribution in [0, 0.1) is 19.7 Å². The first-order valence-electron chi connectivity index (χ1n) is 8.35. The minimum Gasteiger partial charge on any atom is -0.324 e. The van der Waals surface area contributed by atoms with Crippen LogP contribution < -0.4 is 10.9 Å². The van der Waals surface area contributed by atoms with E-state index in [0.29, 0.717) is 28.5 Å². The Morgan fingerprint density at radius 3 is 2.67 bits per heavy atom. The van der Waals surface area contributed by atoms with Crippen molar-refractivity contribution in [3.8, 4) is 5.69 Å². The number of anilines is 2. The molecule has 0 spiro atoms. The molecule has 0 fully saturated rings. The fourth-order valence-corrected chi connectivity index (χ4v) is 3.10. The van der Waals surface area contributed by atoms with Crippen LogP contribution in [-0.4, -0.2) is 24.3 Å². The summed E-state index contributed by atoms with van der Waals surface area (Å²) < 4.78 is 16.9. The topological polar surface area (TPSA) is 77.6 Å². The lowest BCUT2D eigenvalue weighted by Crippen LogP contribution is -2.24. The maximum absolute atomic E-state index is 13.7. The zero-order chi connectivity index (χ0) is 19.1. The van der Waals surface area contributed by atoms with Gasteiger partial charge in [-0.1, -0.05) is 0 Å². The van der Waals surface area contributed by atoms with Crippen molar-refractivity contribution in [3.05, 3.63) is 70.3 Å². The molecule has 7 nitrogen and oxygen atoms in total. The van der Waals surface area contributed by atoms with Gasteiger partial charge in [-0.2, -0.15) is 5.10 Å². The summed E-state index contributed by atoms with van der Waals surface area (Å²) in [5.74, 6) is -0.174. The number of hydrogen-bond donors (Lipinski definition) is 1. The fraction of sp³-hybridized carbons (Fsp3) is 0.158. The lowest BCUT2D eigenvalue weighted by molar-refractivity contribution is 0.629. The van der Waals surface area contributed by atoms with Crippen LogP contribution in [0.15, 0.2) is 47.5 Å². The highest BCUT2D eigenvalue weighted by atomic mass is 19.1. The summed E-state index contributed by atoms with van der Waals surface area (Å²) in [6.45, 7) is 3.68. The Morgan fingerprint density at radius 1 is 1.19 bits per heavy atom. The Hall–Kier alpha value is -3.55. The van der Waals surface area contributed by atoms with Gasteiger partial charge in [-0.15, -0.1) is 0 Å². The van der Waals surface area contributed by atoms with Gasteiger partial charge in [0.2, 0.25) is 5.95 Å². The van der Waals surface area contributed by atoms with Gasteiger partial charge < -0.3 is 5.32 Å². The summed E-state index contributed by atoms with van der Waals surface area (Å²) in [5.41, 5.74) is 2.80. The van der Waals surface area contributed by atoms with Gasteiger partial charge in [0.15, 0.2) is 0 Å². The lowest BCUT2D eigenvalue weighted by atomic mass is 10.2. The predicted octanol–water partition coefficient (Wildman–Crippen LogP) is 3.01. The second-order valence-corrected chi connectivity index (χ2v) is 6.25. The number of nitrogens with zero attached hydrogens (tertiary/aromatic N) is 5. The van der Waals surface area contributed by atoms with Crippen molar-refractivity contribution in [2.75, 3.05) is 5.32 Å². The highest BCUT2D eigenvalue weighted by Gasteiger charge is 2.20. The normalized spacial score (nSPS) is 11.1. The molecule has 0 aliphatic heterocycles. The Balaban J connectivity index is 2.06. The average Bonchev–Trinajstić information content (AvgIpc) is 2.90. The number of aromatic nitrogens is 5. The van der Waals surface area contributed by atoms with E-state index in [0.717, 1.165) is 5.69 Å². The van der Waals surface area contributed by atoms with E-state index in [1.807, 2.05) is 19.9 Å². The molecule has 0 amide bonds. The molecule has 8 heteroatoms. The van der Waals surface area contributed by atoms with E-state index >= 15 is 0 Å². The third-order valence-electron chi connectivity index (χ3n) is 4.44. The van der Waals surface area contributed by atoms with Crippen molar-refractivity contribution in [3.63, 3.8) is 0 Å². The van der Waals surface area contributed by atoms with Crippen LogP contribution in [0.3, 0.4) is 0 Å². The lowest BCUT2D eigenvalue weighted by Gasteiger charge is -2.15. The third kappa shape index (κ3) is 2.84. The van der Waals surface area contributed by atoms with Gasteiger partial charge in [-0.05, 0) is 44.2 Å². The van der Waals surface area contributed by atoms with E-state index in [9.17, 15) is 9.18 Å².